The molecule has 1 heterocycles. The van der Waals surface area contributed by atoms with Crippen molar-refractivity contribution >= 4 is 0 Å². The van der Waals surface area contributed by atoms with Gasteiger partial charge in [0.2, 0.25) is 0 Å². The minimum atomic E-state index is 0.688. The third-order valence-corrected chi connectivity index (χ3v) is 2.50. The third-order valence-electron chi connectivity index (χ3n) is 2.50. The van der Waals surface area contributed by atoms with Gasteiger partial charge in [-0.1, -0.05) is 23.4 Å². The highest BCUT2D eigenvalue weighted by Crippen LogP contribution is 2.07. The van der Waals surface area contributed by atoms with Crippen molar-refractivity contribution < 1.29 is 4.74 Å². The van der Waals surface area contributed by atoms with E-state index in [4.69, 9.17) is 4.74 Å². The van der Waals surface area contributed by atoms with Crippen molar-refractivity contribution in [3.8, 4) is 5.75 Å². The summed E-state index contributed by atoms with van der Waals surface area (Å²) in [6.45, 7) is 3.39. The number of rotatable bonds is 8. The van der Waals surface area contributed by atoms with Gasteiger partial charge in [0.05, 0.1) is 6.20 Å². The predicted octanol–water partition coefficient (Wildman–Crippen LogP) is 1.34. The summed E-state index contributed by atoms with van der Waals surface area (Å²) in [5.41, 5.74) is 0. The molecule has 1 aromatic carbocycles. The summed E-state index contributed by atoms with van der Waals surface area (Å²) in [6, 6.07) is 9.85. The van der Waals surface area contributed by atoms with Crippen molar-refractivity contribution in [1.82, 2.24) is 20.3 Å². The van der Waals surface area contributed by atoms with Crippen molar-refractivity contribution in [3.05, 3.63) is 42.7 Å². The van der Waals surface area contributed by atoms with E-state index in [9.17, 15) is 0 Å². The first-order valence-corrected chi connectivity index (χ1v) is 6.18. The molecule has 0 aliphatic heterocycles. The molecule has 0 aliphatic rings. The SMILES string of the molecule is c1ccc(OCCNCCCn2ccnn2)cc1. The van der Waals surface area contributed by atoms with E-state index >= 15 is 0 Å². The van der Waals surface area contributed by atoms with E-state index in [1.165, 1.54) is 0 Å². The molecule has 2 aromatic rings. The highest BCUT2D eigenvalue weighted by molar-refractivity contribution is 5.20. The molecule has 96 valence electrons. The summed E-state index contributed by atoms with van der Waals surface area (Å²) in [4.78, 5) is 0. The zero-order chi connectivity index (χ0) is 12.5. The second-order valence-electron chi connectivity index (χ2n) is 3.93. The Morgan fingerprint density at radius 1 is 1.17 bits per heavy atom. The molecule has 0 atom stereocenters. The van der Waals surface area contributed by atoms with Crippen LogP contribution in [0.1, 0.15) is 6.42 Å². The van der Waals surface area contributed by atoms with Gasteiger partial charge in [0.1, 0.15) is 12.4 Å². The van der Waals surface area contributed by atoms with Gasteiger partial charge in [-0.3, -0.25) is 4.68 Å². The van der Waals surface area contributed by atoms with Crippen molar-refractivity contribution in [1.29, 1.82) is 0 Å². The molecular formula is C13H18N4O. The maximum absolute atomic E-state index is 5.57. The minimum absolute atomic E-state index is 0.688. The molecule has 18 heavy (non-hydrogen) atoms. The van der Waals surface area contributed by atoms with E-state index < -0.39 is 0 Å². The predicted molar refractivity (Wildman–Crippen MR) is 69.4 cm³/mol. The number of nitrogens with one attached hydrogen (secondary N) is 1. The number of para-hydroxylation sites is 1. The van der Waals surface area contributed by atoms with E-state index in [1.807, 2.05) is 41.2 Å². The minimum Gasteiger partial charge on any atom is -0.492 e. The van der Waals surface area contributed by atoms with E-state index in [0.29, 0.717) is 6.61 Å². The molecule has 0 saturated heterocycles. The van der Waals surface area contributed by atoms with Gasteiger partial charge in [-0.05, 0) is 25.1 Å². The van der Waals surface area contributed by atoms with Gasteiger partial charge in [-0.15, -0.1) is 5.10 Å². The Balaban J connectivity index is 1.47. The maximum Gasteiger partial charge on any atom is 0.119 e. The van der Waals surface area contributed by atoms with Crippen LogP contribution in [-0.2, 0) is 6.54 Å². The number of aryl methyl sites for hydroxylation is 1. The van der Waals surface area contributed by atoms with Crippen molar-refractivity contribution in [3.63, 3.8) is 0 Å². The average molecular weight is 246 g/mol. The first-order valence-electron chi connectivity index (χ1n) is 6.18. The summed E-state index contributed by atoms with van der Waals surface area (Å²) < 4.78 is 7.40. The fourth-order valence-corrected chi connectivity index (χ4v) is 1.60. The lowest BCUT2D eigenvalue weighted by Gasteiger charge is -2.07. The summed E-state index contributed by atoms with van der Waals surface area (Å²) in [5.74, 6) is 0.918. The first-order chi connectivity index (χ1) is 8.95. The normalized spacial score (nSPS) is 10.4. The molecule has 5 heteroatoms. The zero-order valence-electron chi connectivity index (χ0n) is 10.3. The van der Waals surface area contributed by atoms with Crippen LogP contribution < -0.4 is 10.1 Å². The van der Waals surface area contributed by atoms with Crippen LogP contribution in [0.4, 0.5) is 0 Å². The molecule has 0 aliphatic carbocycles. The van der Waals surface area contributed by atoms with E-state index in [1.54, 1.807) is 6.20 Å². The van der Waals surface area contributed by atoms with Crippen molar-refractivity contribution in [2.24, 2.45) is 0 Å². The average Bonchev–Trinajstić information content (AvgIpc) is 2.92. The van der Waals surface area contributed by atoms with Gasteiger partial charge >= 0.3 is 0 Å². The highest BCUT2D eigenvalue weighted by Gasteiger charge is 1.93. The summed E-state index contributed by atoms with van der Waals surface area (Å²) in [6.07, 6.45) is 4.61. The van der Waals surface area contributed by atoms with Crippen LogP contribution in [0.5, 0.6) is 5.75 Å². The van der Waals surface area contributed by atoms with Crippen molar-refractivity contribution in [2.45, 2.75) is 13.0 Å². The molecule has 0 fully saturated rings. The standard InChI is InChI=1S/C13H18N4O/c1-2-5-13(6-3-1)18-12-9-14-7-4-10-17-11-8-15-16-17/h1-3,5-6,8,11,14H,4,7,9-10,12H2. The van der Waals surface area contributed by atoms with E-state index in [2.05, 4.69) is 15.6 Å². The largest absolute Gasteiger partial charge is 0.492 e. The zero-order valence-corrected chi connectivity index (χ0v) is 10.3. The molecule has 0 amide bonds. The Labute approximate surface area is 107 Å². The second-order valence-corrected chi connectivity index (χ2v) is 3.93. The Morgan fingerprint density at radius 3 is 2.83 bits per heavy atom. The van der Waals surface area contributed by atoms with Crippen LogP contribution >= 0.6 is 0 Å². The maximum atomic E-state index is 5.57. The molecule has 0 spiro atoms. The van der Waals surface area contributed by atoms with Crippen molar-refractivity contribution in [2.75, 3.05) is 19.7 Å². The fraction of sp³-hybridized carbons (Fsp3) is 0.385. The van der Waals surface area contributed by atoms with Gasteiger partial charge in [0.25, 0.3) is 0 Å². The Kier molecular flexibility index (Phi) is 5.20. The lowest BCUT2D eigenvalue weighted by atomic mass is 10.3. The van der Waals surface area contributed by atoms with Crippen LogP contribution in [0.3, 0.4) is 0 Å². The Bertz CT molecular complexity index is 416. The molecular weight excluding hydrogens is 228 g/mol. The molecule has 1 aromatic heterocycles. The Morgan fingerprint density at radius 2 is 2.06 bits per heavy atom. The summed E-state index contributed by atoms with van der Waals surface area (Å²) >= 11 is 0. The highest BCUT2D eigenvalue weighted by atomic mass is 16.5. The second kappa shape index (κ2) is 7.45. The number of hydrogen-bond donors (Lipinski definition) is 1. The van der Waals surface area contributed by atoms with E-state index in [-0.39, 0.29) is 0 Å². The Hall–Kier alpha value is -1.88. The van der Waals surface area contributed by atoms with Crippen LogP contribution in [0.25, 0.3) is 0 Å². The molecule has 2 rings (SSSR count). The summed E-state index contributed by atoms with van der Waals surface area (Å²) in [5, 5.41) is 11.0. The third kappa shape index (κ3) is 4.55. The van der Waals surface area contributed by atoms with Crippen LogP contribution in [-0.4, -0.2) is 34.7 Å². The van der Waals surface area contributed by atoms with Crippen LogP contribution in [0.15, 0.2) is 42.7 Å². The van der Waals surface area contributed by atoms with Crippen LogP contribution in [0.2, 0.25) is 0 Å². The number of aromatic nitrogens is 3. The monoisotopic (exact) mass is 246 g/mol. The van der Waals surface area contributed by atoms with Gasteiger partial charge in [0.15, 0.2) is 0 Å². The van der Waals surface area contributed by atoms with Gasteiger partial charge in [-0.2, -0.15) is 0 Å². The molecule has 0 saturated carbocycles. The molecule has 5 nitrogen and oxygen atoms in total. The topological polar surface area (TPSA) is 52.0 Å². The lowest BCUT2D eigenvalue weighted by Crippen LogP contribution is -2.23. The van der Waals surface area contributed by atoms with Crippen LogP contribution in [0, 0.1) is 0 Å². The van der Waals surface area contributed by atoms with Gasteiger partial charge in [0, 0.05) is 19.3 Å². The smallest absolute Gasteiger partial charge is 0.119 e. The lowest BCUT2D eigenvalue weighted by molar-refractivity contribution is 0.313. The van der Waals surface area contributed by atoms with E-state index in [0.717, 1.165) is 31.8 Å². The fourth-order valence-electron chi connectivity index (χ4n) is 1.60. The molecule has 0 radical (unpaired) electrons. The first kappa shape index (κ1) is 12.6. The van der Waals surface area contributed by atoms with Gasteiger partial charge < -0.3 is 10.1 Å². The molecule has 1 N–H and O–H groups in total. The van der Waals surface area contributed by atoms with Gasteiger partial charge in [-0.25, -0.2) is 0 Å². The quantitative estimate of drug-likeness (QED) is 0.714. The number of nitrogens with zero attached hydrogens (tertiary/aromatic N) is 3. The summed E-state index contributed by atoms with van der Waals surface area (Å²) in [7, 11) is 0. The number of hydrogen-bond acceptors (Lipinski definition) is 4. The number of benzene rings is 1. The molecule has 0 bridgehead atoms. The number of ether oxygens (including phenoxy) is 1. The molecule has 0 unspecified atom stereocenters.